The molecule has 2 aromatic rings. The molecule has 6 heteroatoms. The van der Waals surface area contributed by atoms with E-state index < -0.39 is 0 Å². The molecule has 1 aliphatic heterocycles. The van der Waals surface area contributed by atoms with Crippen LogP contribution in [0, 0.1) is 0 Å². The molecule has 1 fully saturated rings. The van der Waals surface area contributed by atoms with Crippen molar-refractivity contribution < 1.29 is 0 Å². The Morgan fingerprint density at radius 2 is 2.00 bits per heavy atom. The number of hydrogen-bond donors (Lipinski definition) is 0. The maximum Gasteiger partial charge on any atom is 0.161 e. The van der Waals surface area contributed by atoms with Crippen LogP contribution in [0.4, 0.5) is 5.82 Å². The molecule has 2 aromatic heterocycles. The molecule has 0 radical (unpaired) electrons. The molecule has 0 spiro atoms. The Bertz CT molecular complexity index is 589. The Labute approximate surface area is 123 Å². The largest absolute Gasteiger partial charge is 0.355 e. The van der Waals surface area contributed by atoms with Crippen molar-refractivity contribution in [1.29, 1.82) is 0 Å². The lowest BCUT2D eigenvalue weighted by molar-refractivity contribution is 0.736. The van der Waals surface area contributed by atoms with Crippen LogP contribution in [0.5, 0.6) is 0 Å². The van der Waals surface area contributed by atoms with Gasteiger partial charge in [-0.2, -0.15) is 16.3 Å². The minimum atomic E-state index is 0.864. The number of anilines is 1. The third-order valence-electron chi connectivity index (χ3n) is 3.55. The summed E-state index contributed by atoms with van der Waals surface area (Å²) in [4.78, 5) is 11.8. The molecule has 0 saturated carbocycles. The zero-order valence-electron chi connectivity index (χ0n) is 12.2. The van der Waals surface area contributed by atoms with Crippen LogP contribution < -0.4 is 4.90 Å². The summed E-state index contributed by atoms with van der Waals surface area (Å²) in [7, 11) is 0. The van der Waals surface area contributed by atoms with Gasteiger partial charge in [0.05, 0.1) is 0 Å². The van der Waals surface area contributed by atoms with Gasteiger partial charge in [-0.1, -0.05) is 13.8 Å². The lowest BCUT2D eigenvalue weighted by Crippen LogP contribution is -2.33. The number of nitrogens with zero attached hydrogens (tertiary/aromatic N) is 5. The Hall–Kier alpha value is -1.30. The number of rotatable bonds is 4. The van der Waals surface area contributed by atoms with Crippen molar-refractivity contribution in [1.82, 2.24) is 19.6 Å². The molecule has 1 saturated heterocycles. The molecular formula is C14H21N5S. The van der Waals surface area contributed by atoms with Gasteiger partial charge < -0.3 is 4.90 Å². The van der Waals surface area contributed by atoms with Gasteiger partial charge in [0.25, 0.3) is 0 Å². The molecule has 108 valence electrons. The molecule has 0 unspecified atom stereocenters. The highest BCUT2D eigenvalue weighted by molar-refractivity contribution is 7.99. The summed E-state index contributed by atoms with van der Waals surface area (Å²) in [5, 5.41) is 4.56. The highest BCUT2D eigenvalue weighted by Crippen LogP contribution is 2.20. The van der Waals surface area contributed by atoms with Crippen molar-refractivity contribution in [2.75, 3.05) is 29.5 Å². The normalized spacial score (nSPS) is 16.0. The van der Waals surface area contributed by atoms with Crippen molar-refractivity contribution in [3.63, 3.8) is 0 Å². The molecule has 0 atom stereocenters. The van der Waals surface area contributed by atoms with E-state index in [1.807, 2.05) is 16.3 Å². The first-order valence-corrected chi connectivity index (χ1v) is 8.55. The summed E-state index contributed by atoms with van der Waals surface area (Å²) in [6, 6.07) is 2.08. The van der Waals surface area contributed by atoms with Gasteiger partial charge in [0.15, 0.2) is 11.5 Å². The SMILES string of the molecule is CCCc1nc(N2CCSCC2)cc2nc(CC)nn12. The van der Waals surface area contributed by atoms with Gasteiger partial charge in [-0.15, -0.1) is 5.10 Å². The van der Waals surface area contributed by atoms with E-state index in [0.717, 1.165) is 55.5 Å². The van der Waals surface area contributed by atoms with E-state index in [2.05, 4.69) is 34.9 Å². The third-order valence-corrected chi connectivity index (χ3v) is 4.49. The summed E-state index contributed by atoms with van der Waals surface area (Å²) in [5.74, 6) is 5.36. The number of hydrogen-bond acceptors (Lipinski definition) is 5. The first-order chi connectivity index (χ1) is 9.81. The van der Waals surface area contributed by atoms with Crippen LogP contribution in [0.25, 0.3) is 5.65 Å². The molecule has 0 aromatic carbocycles. The Morgan fingerprint density at radius 3 is 2.70 bits per heavy atom. The zero-order valence-corrected chi connectivity index (χ0v) is 13.0. The van der Waals surface area contributed by atoms with Crippen LogP contribution >= 0.6 is 11.8 Å². The van der Waals surface area contributed by atoms with Crippen molar-refractivity contribution in [3.8, 4) is 0 Å². The number of aromatic nitrogens is 4. The van der Waals surface area contributed by atoms with Crippen LogP contribution in [0.2, 0.25) is 0 Å². The number of aryl methyl sites for hydroxylation is 2. The Balaban J connectivity index is 2.03. The van der Waals surface area contributed by atoms with Crippen molar-refractivity contribution in [2.24, 2.45) is 0 Å². The predicted octanol–water partition coefficient (Wildman–Crippen LogP) is 2.19. The topological polar surface area (TPSA) is 46.3 Å². The summed E-state index contributed by atoms with van der Waals surface area (Å²) in [6.45, 7) is 6.42. The van der Waals surface area contributed by atoms with E-state index in [1.165, 1.54) is 11.5 Å². The fourth-order valence-corrected chi connectivity index (χ4v) is 3.37. The molecule has 1 aliphatic rings. The van der Waals surface area contributed by atoms with Gasteiger partial charge >= 0.3 is 0 Å². The minimum Gasteiger partial charge on any atom is -0.355 e. The van der Waals surface area contributed by atoms with Crippen molar-refractivity contribution in [2.45, 2.75) is 33.1 Å². The first-order valence-electron chi connectivity index (χ1n) is 7.40. The lowest BCUT2D eigenvalue weighted by atomic mass is 10.3. The molecular weight excluding hydrogens is 270 g/mol. The number of thioether (sulfide) groups is 1. The molecule has 0 amide bonds. The average molecular weight is 291 g/mol. The van der Waals surface area contributed by atoms with E-state index in [-0.39, 0.29) is 0 Å². The molecule has 0 bridgehead atoms. The molecule has 0 N–H and O–H groups in total. The average Bonchev–Trinajstić information content (AvgIpc) is 2.92. The second-order valence-electron chi connectivity index (χ2n) is 5.03. The second kappa shape index (κ2) is 5.99. The van der Waals surface area contributed by atoms with Gasteiger partial charge in [0.2, 0.25) is 0 Å². The van der Waals surface area contributed by atoms with Crippen LogP contribution in [0.15, 0.2) is 6.07 Å². The second-order valence-corrected chi connectivity index (χ2v) is 6.26. The predicted molar refractivity (Wildman–Crippen MR) is 83.7 cm³/mol. The van der Waals surface area contributed by atoms with Gasteiger partial charge in [-0.05, 0) is 6.42 Å². The molecule has 5 nitrogen and oxygen atoms in total. The molecule has 3 rings (SSSR count). The quantitative estimate of drug-likeness (QED) is 0.864. The first kappa shape index (κ1) is 13.7. The Kier molecular flexibility index (Phi) is 4.10. The standard InChI is InChI=1S/C14H21N5S/c1-3-5-12-16-13(18-6-8-20-9-7-18)10-14-15-11(4-2)17-19(12)14/h10H,3-9H2,1-2H3. The van der Waals surface area contributed by atoms with Crippen LogP contribution in [-0.4, -0.2) is 44.2 Å². The van der Waals surface area contributed by atoms with Gasteiger partial charge in [-0.3, -0.25) is 0 Å². The summed E-state index contributed by atoms with van der Waals surface area (Å²) in [5.41, 5.74) is 0.938. The Morgan fingerprint density at radius 1 is 1.20 bits per heavy atom. The number of fused-ring (bicyclic) bond motifs is 1. The smallest absolute Gasteiger partial charge is 0.161 e. The van der Waals surface area contributed by atoms with Gasteiger partial charge in [0, 0.05) is 43.5 Å². The molecule has 20 heavy (non-hydrogen) atoms. The summed E-state index contributed by atoms with van der Waals surface area (Å²) < 4.78 is 1.92. The van der Waals surface area contributed by atoms with E-state index in [9.17, 15) is 0 Å². The van der Waals surface area contributed by atoms with E-state index >= 15 is 0 Å². The van der Waals surface area contributed by atoms with Crippen LogP contribution in [0.3, 0.4) is 0 Å². The van der Waals surface area contributed by atoms with E-state index in [4.69, 9.17) is 4.98 Å². The highest BCUT2D eigenvalue weighted by Gasteiger charge is 2.16. The van der Waals surface area contributed by atoms with Crippen molar-refractivity contribution in [3.05, 3.63) is 17.7 Å². The van der Waals surface area contributed by atoms with Crippen LogP contribution in [0.1, 0.15) is 31.9 Å². The fraction of sp³-hybridized carbons (Fsp3) is 0.643. The summed E-state index contributed by atoms with van der Waals surface area (Å²) in [6.07, 6.45) is 2.88. The monoisotopic (exact) mass is 291 g/mol. The lowest BCUT2D eigenvalue weighted by Gasteiger charge is -2.27. The van der Waals surface area contributed by atoms with Gasteiger partial charge in [-0.25, -0.2) is 9.97 Å². The molecule has 3 heterocycles. The fourth-order valence-electron chi connectivity index (χ4n) is 2.47. The summed E-state index contributed by atoms with van der Waals surface area (Å²) >= 11 is 2.02. The van der Waals surface area contributed by atoms with E-state index in [1.54, 1.807) is 0 Å². The minimum absolute atomic E-state index is 0.864. The maximum absolute atomic E-state index is 4.84. The van der Waals surface area contributed by atoms with E-state index in [0.29, 0.717) is 0 Å². The zero-order chi connectivity index (χ0) is 13.9. The molecule has 0 aliphatic carbocycles. The van der Waals surface area contributed by atoms with Crippen molar-refractivity contribution >= 4 is 23.2 Å². The maximum atomic E-state index is 4.84. The highest BCUT2D eigenvalue weighted by atomic mass is 32.2. The van der Waals surface area contributed by atoms with Gasteiger partial charge in [0.1, 0.15) is 11.6 Å². The van der Waals surface area contributed by atoms with Crippen LogP contribution in [-0.2, 0) is 12.8 Å². The third kappa shape index (κ3) is 2.61.